The van der Waals surface area contributed by atoms with Gasteiger partial charge in [0.1, 0.15) is 5.75 Å². The molecule has 20 heavy (non-hydrogen) atoms. The SMILES string of the molecule is CCOc1ccccc1CN(C)C(=O)C(C)(N)C1CC1. The number of hydrogen-bond donors (Lipinski definition) is 1. The number of benzene rings is 1. The van der Waals surface area contributed by atoms with Gasteiger partial charge < -0.3 is 15.4 Å². The van der Waals surface area contributed by atoms with Crippen LogP contribution < -0.4 is 10.5 Å². The fourth-order valence-electron chi connectivity index (χ4n) is 2.53. The van der Waals surface area contributed by atoms with E-state index in [0.29, 0.717) is 19.1 Å². The molecule has 2 N–H and O–H groups in total. The smallest absolute Gasteiger partial charge is 0.242 e. The number of likely N-dealkylation sites (N-methyl/N-ethyl adjacent to an activating group) is 1. The number of para-hydroxylation sites is 1. The summed E-state index contributed by atoms with van der Waals surface area (Å²) in [4.78, 5) is 14.2. The maximum atomic E-state index is 12.5. The molecule has 1 fully saturated rings. The maximum Gasteiger partial charge on any atom is 0.242 e. The van der Waals surface area contributed by atoms with Gasteiger partial charge in [0.05, 0.1) is 12.1 Å². The van der Waals surface area contributed by atoms with E-state index in [1.807, 2.05) is 38.1 Å². The van der Waals surface area contributed by atoms with Crippen LogP contribution in [0.25, 0.3) is 0 Å². The summed E-state index contributed by atoms with van der Waals surface area (Å²) < 4.78 is 5.59. The van der Waals surface area contributed by atoms with Gasteiger partial charge in [-0.15, -0.1) is 0 Å². The van der Waals surface area contributed by atoms with Gasteiger partial charge in [-0.3, -0.25) is 4.79 Å². The Morgan fingerprint density at radius 3 is 2.70 bits per heavy atom. The van der Waals surface area contributed by atoms with E-state index in [2.05, 4.69) is 0 Å². The van der Waals surface area contributed by atoms with Crippen molar-refractivity contribution in [3.63, 3.8) is 0 Å². The Bertz CT molecular complexity index is 481. The standard InChI is InChI=1S/C16H24N2O2/c1-4-20-14-8-6-5-7-12(14)11-18(3)15(19)16(2,17)13-9-10-13/h5-8,13H,4,9-11,17H2,1-3H3. The highest BCUT2D eigenvalue weighted by Gasteiger charge is 2.45. The molecule has 1 aliphatic rings. The molecule has 1 unspecified atom stereocenters. The third-order valence-electron chi connectivity index (χ3n) is 3.91. The lowest BCUT2D eigenvalue weighted by Gasteiger charge is -2.29. The van der Waals surface area contributed by atoms with Crippen LogP contribution in [0.2, 0.25) is 0 Å². The van der Waals surface area contributed by atoms with Crippen molar-refractivity contribution in [2.75, 3.05) is 13.7 Å². The third kappa shape index (κ3) is 3.12. The fourth-order valence-corrected chi connectivity index (χ4v) is 2.53. The van der Waals surface area contributed by atoms with E-state index in [9.17, 15) is 4.79 Å². The average Bonchev–Trinajstić information content (AvgIpc) is 3.25. The van der Waals surface area contributed by atoms with Gasteiger partial charge in [-0.05, 0) is 38.7 Å². The van der Waals surface area contributed by atoms with Crippen LogP contribution in [0, 0.1) is 5.92 Å². The van der Waals surface area contributed by atoms with Gasteiger partial charge in [-0.1, -0.05) is 18.2 Å². The Kier molecular flexibility index (Phi) is 4.33. The minimum absolute atomic E-state index is 0.00583. The summed E-state index contributed by atoms with van der Waals surface area (Å²) in [6.45, 7) is 4.94. The predicted octanol–water partition coefficient (Wildman–Crippen LogP) is 2.17. The minimum Gasteiger partial charge on any atom is -0.494 e. The lowest BCUT2D eigenvalue weighted by molar-refractivity contribution is -0.136. The molecule has 0 heterocycles. The first-order valence-electron chi connectivity index (χ1n) is 7.22. The molecule has 2 rings (SSSR count). The molecule has 0 bridgehead atoms. The lowest BCUT2D eigenvalue weighted by Crippen LogP contribution is -2.53. The van der Waals surface area contributed by atoms with Crippen LogP contribution >= 0.6 is 0 Å². The molecule has 0 aliphatic heterocycles. The zero-order valence-electron chi connectivity index (χ0n) is 12.6. The van der Waals surface area contributed by atoms with Crippen LogP contribution in [0.15, 0.2) is 24.3 Å². The van der Waals surface area contributed by atoms with Gasteiger partial charge in [0, 0.05) is 19.2 Å². The summed E-state index contributed by atoms with van der Waals surface area (Å²) >= 11 is 0. The second-order valence-corrected chi connectivity index (χ2v) is 5.76. The Labute approximate surface area is 120 Å². The van der Waals surface area contributed by atoms with Crippen molar-refractivity contribution in [2.45, 2.75) is 38.8 Å². The van der Waals surface area contributed by atoms with E-state index in [0.717, 1.165) is 24.2 Å². The van der Waals surface area contributed by atoms with Crippen LogP contribution in [0.1, 0.15) is 32.3 Å². The summed E-state index contributed by atoms with van der Waals surface area (Å²) in [6, 6.07) is 7.81. The van der Waals surface area contributed by atoms with Gasteiger partial charge in [0.2, 0.25) is 5.91 Å². The number of carbonyl (C=O) groups is 1. The molecular weight excluding hydrogens is 252 g/mol. The average molecular weight is 276 g/mol. The fraction of sp³-hybridized carbons (Fsp3) is 0.562. The predicted molar refractivity (Wildman–Crippen MR) is 79.4 cm³/mol. The van der Waals surface area contributed by atoms with E-state index >= 15 is 0 Å². The van der Waals surface area contributed by atoms with Crippen molar-refractivity contribution >= 4 is 5.91 Å². The zero-order chi connectivity index (χ0) is 14.8. The van der Waals surface area contributed by atoms with Crippen LogP contribution in [0.5, 0.6) is 5.75 Å². The van der Waals surface area contributed by atoms with Gasteiger partial charge in [-0.25, -0.2) is 0 Å². The molecule has 0 aromatic heterocycles. The number of nitrogens with two attached hydrogens (primary N) is 1. The Hall–Kier alpha value is -1.55. The van der Waals surface area contributed by atoms with Crippen LogP contribution in [0.4, 0.5) is 0 Å². The largest absolute Gasteiger partial charge is 0.494 e. The van der Waals surface area contributed by atoms with E-state index in [4.69, 9.17) is 10.5 Å². The highest BCUT2D eigenvalue weighted by Crippen LogP contribution is 2.39. The summed E-state index contributed by atoms with van der Waals surface area (Å²) in [5.41, 5.74) is 6.46. The summed E-state index contributed by atoms with van der Waals surface area (Å²) in [5, 5.41) is 0. The Balaban J connectivity index is 2.07. The summed E-state index contributed by atoms with van der Waals surface area (Å²) in [6.07, 6.45) is 2.12. The summed E-state index contributed by atoms with van der Waals surface area (Å²) in [5.74, 6) is 1.17. The van der Waals surface area contributed by atoms with Crippen molar-refractivity contribution in [3.8, 4) is 5.75 Å². The molecule has 1 aromatic rings. The number of nitrogens with zero attached hydrogens (tertiary/aromatic N) is 1. The third-order valence-corrected chi connectivity index (χ3v) is 3.91. The first-order valence-corrected chi connectivity index (χ1v) is 7.22. The van der Waals surface area contributed by atoms with Crippen LogP contribution in [-0.4, -0.2) is 30.0 Å². The second-order valence-electron chi connectivity index (χ2n) is 5.76. The van der Waals surface area contributed by atoms with E-state index < -0.39 is 5.54 Å². The maximum absolute atomic E-state index is 12.5. The summed E-state index contributed by atoms with van der Waals surface area (Å²) in [7, 11) is 1.80. The monoisotopic (exact) mass is 276 g/mol. The molecule has 0 spiro atoms. The minimum atomic E-state index is -0.741. The topological polar surface area (TPSA) is 55.6 Å². The van der Waals surface area contributed by atoms with Crippen molar-refractivity contribution in [1.82, 2.24) is 4.90 Å². The normalized spacial score (nSPS) is 17.4. The Morgan fingerprint density at radius 2 is 2.10 bits per heavy atom. The van der Waals surface area contributed by atoms with Gasteiger partial charge in [-0.2, -0.15) is 0 Å². The molecule has 0 radical (unpaired) electrons. The van der Waals surface area contributed by atoms with Crippen molar-refractivity contribution in [2.24, 2.45) is 11.7 Å². The molecule has 0 saturated heterocycles. The molecule has 1 saturated carbocycles. The van der Waals surface area contributed by atoms with Crippen LogP contribution in [-0.2, 0) is 11.3 Å². The molecule has 4 heteroatoms. The number of ether oxygens (including phenoxy) is 1. The zero-order valence-corrected chi connectivity index (χ0v) is 12.6. The van der Waals surface area contributed by atoms with Crippen molar-refractivity contribution in [1.29, 1.82) is 0 Å². The van der Waals surface area contributed by atoms with Crippen LogP contribution in [0.3, 0.4) is 0 Å². The number of carbonyl (C=O) groups excluding carboxylic acids is 1. The van der Waals surface area contributed by atoms with E-state index in [1.165, 1.54) is 0 Å². The molecule has 1 atom stereocenters. The van der Waals surface area contributed by atoms with Crippen molar-refractivity contribution < 1.29 is 9.53 Å². The molecule has 110 valence electrons. The quantitative estimate of drug-likeness (QED) is 0.866. The first kappa shape index (κ1) is 14.9. The highest BCUT2D eigenvalue weighted by molar-refractivity contribution is 5.86. The number of amides is 1. The number of rotatable bonds is 6. The van der Waals surface area contributed by atoms with E-state index in [-0.39, 0.29) is 5.91 Å². The van der Waals surface area contributed by atoms with Gasteiger partial charge in [0.15, 0.2) is 0 Å². The second kappa shape index (κ2) is 5.83. The molecule has 1 aliphatic carbocycles. The molecule has 4 nitrogen and oxygen atoms in total. The van der Waals surface area contributed by atoms with Crippen molar-refractivity contribution in [3.05, 3.63) is 29.8 Å². The highest BCUT2D eigenvalue weighted by atomic mass is 16.5. The molecule has 1 aromatic carbocycles. The van der Waals surface area contributed by atoms with E-state index in [1.54, 1.807) is 11.9 Å². The molecule has 1 amide bonds. The lowest BCUT2D eigenvalue weighted by atomic mass is 9.95. The Morgan fingerprint density at radius 1 is 1.45 bits per heavy atom. The number of hydrogen-bond acceptors (Lipinski definition) is 3. The first-order chi connectivity index (χ1) is 9.46. The van der Waals surface area contributed by atoms with Gasteiger partial charge >= 0.3 is 0 Å². The van der Waals surface area contributed by atoms with Gasteiger partial charge in [0.25, 0.3) is 0 Å². The molecular formula is C16H24N2O2.